The minimum atomic E-state index is -1.04. The smallest absolute Gasteiger partial charge is 0.201 e. The molecule has 1 aliphatic rings. The van der Waals surface area contributed by atoms with Gasteiger partial charge in [-0.15, -0.1) is 0 Å². The first-order valence-corrected chi connectivity index (χ1v) is 12.8. The minimum absolute atomic E-state index is 0.0144. The zero-order chi connectivity index (χ0) is 26.5. The van der Waals surface area contributed by atoms with Crippen molar-refractivity contribution in [2.45, 2.75) is 64.2 Å². The molecule has 4 rings (SSSR count). The molecule has 1 aliphatic carbocycles. The summed E-state index contributed by atoms with van der Waals surface area (Å²) in [4.78, 5) is 0. The van der Waals surface area contributed by atoms with Gasteiger partial charge < -0.3 is 4.74 Å². The first-order chi connectivity index (χ1) is 17.8. The van der Waals surface area contributed by atoms with Gasteiger partial charge in [0.15, 0.2) is 23.2 Å². The average molecular weight is 515 g/mol. The number of unbranched alkanes of at least 4 members (excludes halogenated alkanes) is 1. The Morgan fingerprint density at radius 1 is 0.757 bits per heavy atom. The van der Waals surface area contributed by atoms with Crippen LogP contribution in [0.15, 0.2) is 42.5 Å². The Kier molecular flexibility index (Phi) is 8.67. The molecule has 0 radical (unpaired) electrons. The van der Waals surface area contributed by atoms with E-state index in [0.29, 0.717) is 49.0 Å². The lowest BCUT2D eigenvalue weighted by molar-refractivity contribution is 0.288. The SMILES string of the molecule is CCCCOc1ccc(/C=C/c2ccc(C3CCC(c4ccc(C)c(F)c4F)CC3)c(F)c2)c(F)c1F. The topological polar surface area (TPSA) is 9.23 Å². The largest absolute Gasteiger partial charge is 0.490 e. The third kappa shape index (κ3) is 6.06. The lowest BCUT2D eigenvalue weighted by Crippen LogP contribution is -2.15. The molecular formula is C31H31F5O. The van der Waals surface area contributed by atoms with Crippen molar-refractivity contribution in [2.75, 3.05) is 6.61 Å². The normalized spacial score (nSPS) is 17.9. The lowest BCUT2D eigenvalue weighted by Gasteiger charge is -2.29. The molecule has 0 amide bonds. The number of hydrogen-bond donors (Lipinski definition) is 0. The highest BCUT2D eigenvalue weighted by Gasteiger charge is 2.28. The molecule has 0 aromatic heterocycles. The van der Waals surface area contributed by atoms with Crippen LogP contribution in [0.1, 0.15) is 85.1 Å². The molecule has 0 unspecified atom stereocenters. The van der Waals surface area contributed by atoms with Crippen LogP contribution in [0.3, 0.4) is 0 Å². The molecule has 6 heteroatoms. The van der Waals surface area contributed by atoms with Gasteiger partial charge in [0.25, 0.3) is 0 Å². The van der Waals surface area contributed by atoms with E-state index < -0.39 is 23.3 Å². The highest BCUT2D eigenvalue weighted by atomic mass is 19.2. The zero-order valence-electron chi connectivity index (χ0n) is 21.1. The van der Waals surface area contributed by atoms with Crippen LogP contribution in [0.5, 0.6) is 5.75 Å². The van der Waals surface area contributed by atoms with Crippen molar-refractivity contribution in [1.82, 2.24) is 0 Å². The standard InChI is InChI=1S/C31H31F5O/c1-3-4-17-37-27-16-13-23(29(34)31(27)36)8-6-20-7-15-24(26(32)18-20)21-9-11-22(12-10-21)25-14-5-19(2)28(33)30(25)35/h5-8,13-16,18,21-22H,3-4,9-12,17H2,1-2H3/b8-6+. The van der Waals surface area contributed by atoms with Gasteiger partial charge >= 0.3 is 0 Å². The van der Waals surface area contributed by atoms with E-state index in [2.05, 4.69) is 0 Å². The van der Waals surface area contributed by atoms with Crippen LogP contribution in [0.25, 0.3) is 12.2 Å². The average Bonchev–Trinajstić information content (AvgIpc) is 2.90. The summed E-state index contributed by atoms with van der Waals surface area (Å²) in [7, 11) is 0. The van der Waals surface area contributed by atoms with Crippen LogP contribution in [-0.2, 0) is 0 Å². The predicted octanol–water partition coefficient (Wildman–Crippen LogP) is 9.48. The van der Waals surface area contributed by atoms with Crippen LogP contribution in [-0.4, -0.2) is 6.61 Å². The number of ether oxygens (including phenoxy) is 1. The van der Waals surface area contributed by atoms with Gasteiger partial charge in [0, 0.05) is 5.56 Å². The maximum Gasteiger partial charge on any atom is 0.201 e. The molecule has 0 N–H and O–H groups in total. The van der Waals surface area contributed by atoms with Crippen molar-refractivity contribution in [2.24, 2.45) is 0 Å². The number of benzene rings is 3. The number of hydrogen-bond acceptors (Lipinski definition) is 1. The summed E-state index contributed by atoms with van der Waals surface area (Å²) in [5.41, 5.74) is 1.83. The third-order valence-electron chi connectivity index (χ3n) is 7.22. The van der Waals surface area contributed by atoms with Crippen LogP contribution in [0.4, 0.5) is 22.0 Å². The van der Waals surface area contributed by atoms with Crippen molar-refractivity contribution in [3.05, 3.63) is 99.4 Å². The quantitative estimate of drug-likeness (QED) is 0.165. The monoisotopic (exact) mass is 514 g/mol. The second kappa shape index (κ2) is 11.9. The van der Waals surface area contributed by atoms with E-state index >= 15 is 0 Å². The molecule has 0 bridgehead atoms. The summed E-state index contributed by atoms with van der Waals surface area (Å²) in [5, 5.41) is 0. The fourth-order valence-corrected chi connectivity index (χ4v) is 4.97. The van der Waals surface area contributed by atoms with Gasteiger partial charge in [-0.3, -0.25) is 0 Å². The van der Waals surface area contributed by atoms with Crippen LogP contribution < -0.4 is 4.74 Å². The molecule has 1 fully saturated rings. The molecule has 1 nitrogen and oxygen atoms in total. The van der Waals surface area contributed by atoms with Gasteiger partial charge in [-0.1, -0.05) is 49.8 Å². The second-order valence-corrected chi connectivity index (χ2v) is 9.75. The van der Waals surface area contributed by atoms with Gasteiger partial charge in [-0.05, 0) is 91.3 Å². The first kappa shape index (κ1) is 26.9. The van der Waals surface area contributed by atoms with Crippen molar-refractivity contribution >= 4 is 12.2 Å². The molecule has 0 atom stereocenters. The van der Waals surface area contributed by atoms with Crippen LogP contribution in [0.2, 0.25) is 0 Å². The number of halogens is 5. The van der Waals surface area contributed by atoms with Crippen molar-refractivity contribution in [3.8, 4) is 5.75 Å². The molecular weight excluding hydrogens is 483 g/mol. The fraction of sp³-hybridized carbons (Fsp3) is 0.355. The molecule has 196 valence electrons. The molecule has 3 aromatic rings. The van der Waals surface area contributed by atoms with E-state index in [-0.39, 0.29) is 34.5 Å². The predicted molar refractivity (Wildman–Crippen MR) is 137 cm³/mol. The summed E-state index contributed by atoms with van der Waals surface area (Å²) < 4.78 is 77.4. The molecule has 0 saturated heterocycles. The molecule has 3 aromatic carbocycles. The molecule has 37 heavy (non-hydrogen) atoms. The maximum absolute atomic E-state index is 15.0. The van der Waals surface area contributed by atoms with Gasteiger partial charge in [0.05, 0.1) is 6.61 Å². The second-order valence-electron chi connectivity index (χ2n) is 9.75. The summed E-state index contributed by atoms with van der Waals surface area (Å²) in [6, 6.07) is 10.9. The molecule has 1 saturated carbocycles. The van der Waals surface area contributed by atoms with E-state index in [4.69, 9.17) is 4.74 Å². The summed E-state index contributed by atoms with van der Waals surface area (Å²) in [6.45, 7) is 3.83. The highest BCUT2D eigenvalue weighted by molar-refractivity contribution is 5.70. The van der Waals surface area contributed by atoms with E-state index in [1.54, 1.807) is 24.3 Å². The molecule has 0 spiro atoms. The first-order valence-electron chi connectivity index (χ1n) is 12.8. The van der Waals surface area contributed by atoms with Gasteiger partial charge in [0.2, 0.25) is 5.82 Å². The van der Waals surface area contributed by atoms with Crippen molar-refractivity contribution in [1.29, 1.82) is 0 Å². The van der Waals surface area contributed by atoms with Crippen molar-refractivity contribution < 1.29 is 26.7 Å². The summed E-state index contributed by atoms with van der Waals surface area (Å²) in [6.07, 6.45) is 7.21. The van der Waals surface area contributed by atoms with Crippen molar-refractivity contribution in [3.63, 3.8) is 0 Å². The Labute approximate surface area is 215 Å². The summed E-state index contributed by atoms with van der Waals surface area (Å²) >= 11 is 0. The number of aryl methyl sites for hydroxylation is 1. The Hall–Kier alpha value is -3.15. The Balaban J connectivity index is 1.41. The summed E-state index contributed by atoms with van der Waals surface area (Å²) in [5.74, 6) is -4.22. The number of rotatable bonds is 8. The van der Waals surface area contributed by atoms with E-state index in [0.717, 1.165) is 12.8 Å². The van der Waals surface area contributed by atoms with Crippen LogP contribution in [0, 0.1) is 36.0 Å². The fourth-order valence-electron chi connectivity index (χ4n) is 4.97. The zero-order valence-corrected chi connectivity index (χ0v) is 21.1. The lowest BCUT2D eigenvalue weighted by atomic mass is 9.75. The van der Waals surface area contributed by atoms with E-state index in [1.807, 2.05) is 6.92 Å². The Morgan fingerprint density at radius 3 is 2.11 bits per heavy atom. The van der Waals surface area contributed by atoms with Gasteiger partial charge in [-0.25, -0.2) is 17.6 Å². The third-order valence-corrected chi connectivity index (χ3v) is 7.22. The van der Waals surface area contributed by atoms with Gasteiger partial charge in [-0.2, -0.15) is 4.39 Å². The van der Waals surface area contributed by atoms with Gasteiger partial charge in [0.1, 0.15) is 5.82 Å². The highest BCUT2D eigenvalue weighted by Crippen LogP contribution is 2.42. The Morgan fingerprint density at radius 2 is 1.43 bits per heavy atom. The van der Waals surface area contributed by atoms with E-state index in [1.165, 1.54) is 37.3 Å². The van der Waals surface area contributed by atoms with E-state index in [9.17, 15) is 22.0 Å². The minimum Gasteiger partial charge on any atom is -0.490 e. The molecule has 0 aliphatic heterocycles. The Bertz CT molecular complexity index is 1280. The molecule has 0 heterocycles. The van der Waals surface area contributed by atoms with Crippen LogP contribution >= 0.6 is 0 Å². The maximum atomic E-state index is 15.0.